The van der Waals surface area contributed by atoms with Gasteiger partial charge in [-0.05, 0) is 49.6 Å². The van der Waals surface area contributed by atoms with E-state index in [1.807, 2.05) is 19.1 Å². The summed E-state index contributed by atoms with van der Waals surface area (Å²) in [5.74, 6) is 1.09. The summed E-state index contributed by atoms with van der Waals surface area (Å²) in [6.07, 6.45) is 0.927. The number of benzene rings is 2. The van der Waals surface area contributed by atoms with Crippen molar-refractivity contribution in [3.8, 4) is 5.75 Å². The lowest BCUT2D eigenvalue weighted by molar-refractivity contribution is -0.120. The molecule has 0 saturated heterocycles. The molecule has 0 aliphatic heterocycles. The van der Waals surface area contributed by atoms with Crippen molar-refractivity contribution < 1.29 is 13.9 Å². The van der Waals surface area contributed by atoms with Gasteiger partial charge in [0.05, 0.1) is 13.5 Å². The summed E-state index contributed by atoms with van der Waals surface area (Å²) in [4.78, 5) is 16.6. The summed E-state index contributed by atoms with van der Waals surface area (Å²) in [5.41, 5.74) is 2.97. The van der Waals surface area contributed by atoms with Crippen LogP contribution >= 0.6 is 0 Å². The zero-order valence-electron chi connectivity index (χ0n) is 17.9. The number of methoxy groups -OCH3 is 1. The molecule has 0 radical (unpaired) electrons. The smallest absolute Gasteiger partial charge is 0.224 e. The SMILES string of the molecule is CCNC(=NCCc1cc(C)ccc1OC)NCCNC(=O)Cc1cccc(F)c1. The number of amides is 1. The third-order valence-corrected chi connectivity index (χ3v) is 4.42. The third kappa shape index (κ3) is 8.11. The van der Waals surface area contributed by atoms with Crippen LogP contribution in [0, 0.1) is 12.7 Å². The number of halogens is 1. The summed E-state index contributed by atoms with van der Waals surface area (Å²) in [5, 5.41) is 9.23. The molecule has 30 heavy (non-hydrogen) atoms. The molecule has 0 aliphatic rings. The summed E-state index contributed by atoms with van der Waals surface area (Å²) < 4.78 is 18.6. The first-order chi connectivity index (χ1) is 14.5. The van der Waals surface area contributed by atoms with Crippen molar-refractivity contribution in [2.45, 2.75) is 26.7 Å². The molecule has 3 N–H and O–H groups in total. The van der Waals surface area contributed by atoms with Crippen molar-refractivity contribution >= 4 is 11.9 Å². The number of rotatable bonds is 10. The highest BCUT2D eigenvalue weighted by atomic mass is 19.1. The van der Waals surface area contributed by atoms with Gasteiger partial charge in [0.15, 0.2) is 5.96 Å². The minimum atomic E-state index is -0.336. The Morgan fingerprint density at radius 3 is 2.63 bits per heavy atom. The van der Waals surface area contributed by atoms with Crippen LogP contribution in [-0.4, -0.2) is 45.2 Å². The number of aryl methyl sites for hydroxylation is 1. The quantitative estimate of drug-likeness (QED) is 0.317. The maximum absolute atomic E-state index is 13.2. The van der Waals surface area contributed by atoms with Gasteiger partial charge in [-0.25, -0.2) is 4.39 Å². The highest BCUT2D eigenvalue weighted by Gasteiger charge is 2.05. The van der Waals surface area contributed by atoms with Crippen LogP contribution in [0.1, 0.15) is 23.6 Å². The van der Waals surface area contributed by atoms with Gasteiger partial charge in [0.2, 0.25) is 5.91 Å². The lowest BCUT2D eigenvalue weighted by Gasteiger charge is -2.13. The maximum Gasteiger partial charge on any atom is 0.224 e. The second kappa shape index (κ2) is 12.5. The van der Waals surface area contributed by atoms with E-state index in [0.29, 0.717) is 31.2 Å². The Morgan fingerprint density at radius 1 is 1.10 bits per heavy atom. The topological polar surface area (TPSA) is 74.8 Å². The average Bonchev–Trinajstić information content (AvgIpc) is 2.71. The van der Waals surface area contributed by atoms with E-state index in [2.05, 4.69) is 33.9 Å². The van der Waals surface area contributed by atoms with E-state index in [-0.39, 0.29) is 18.1 Å². The van der Waals surface area contributed by atoms with Gasteiger partial charge in [-0.2, -0.15) is 0 Å². The number of hydrogen-bond acceptors (Lipinski definition) is 3. The molecule has 0 aliphatic carbocycles. The molecule has 6 nitrogen and oxygen atoms in total. The van der Waals surface area contributed by atoms with Gasteiger partial charge in [-0.1, -0.05) is 29.8 Å². The second-order valence-electron chi connectivity index (χ2n) is 6.91. The Labute approximate surface area is 177 Å². The van der Waals surface area contributed by atoms with Crippen molar-refractivity contribution in [3.05, 3.63) is 65.0 Å². The van der Waals surface area contributed by atoms with Crippen LogP contribution in [0.15, 0.2) is 47.5 Å². The monoisotopic (exact) mass is 414 g/mol. The fourth-order valence-corrected chi connectivity index (χ4v) is 3.01. The van der Waals surface area contributed by atoms with E-state index in [1.165, 1.54) is 17.7 Å². The Morgan fingerprint density at radius 2 is 1.90 bits per heavy atom. The predicted molar refractivity (Wildman–Crippen MR) is 119 cm³/mol. The zero-order chi connectivity index (χ0) is 21.8. The molecule has 0 bridgehead atoms. The van der Waals surface area contributed by atoms with Crippen LogP contribution in [0.2, 0.25) is 0 Å². The highest BCUT2D eigenvalue weighted by Crippen LogP contribution is 2.20. The Bertz CT molecular complexity index is 855. The third-order valence-electron chi connectivity index (χ3n) is 4.42. The fraction of sp³-hybridized carbons (Fsp3) is 0.391. The largest absolute Gasteiger partial charge is 0.496 e. The van der Waals surface area contributed by atoms with E-state index >= 15 is 0 Å². The van der Waals surface area contributed by atoms with Crippen molar-refractivity contribution in [2.24, 2.45) is 4.99 Å². The standard InChI is InChI=1S/C23H31FN4O2/c1-4-25-23(27-11-10-19-14-17(2)8-9-21(19)30-3)28-13-12-26-22(29)16-18-6-5-7-20(24)15-18/h5-9,14-15H,4,10-13,16H2,1-3H3,(H,26,29)(H2,25,27,28). The van der Waals surface area contributed by atoms with Crippen LogP contribution in [0.4, 0.5) is 4.39 Å². The number of hydrogen-bond donors (Lipinski definition) is 3. The molecule has 0 heterocycles. The molecule has 0 spiro atoms. The molecule has 162 valence electrons. The van der Waals surface area contributed by atoms with Crippen molar-refractivity contribution in [1.29, 1.82) is 0 Å². The Hall–Kier alpha value is -3.09. The van der Waals surface area contributed by atoms with Gasteiger partial charge < -0.3 is 20.7 Å². The van der Waals surface area contributed by atoms with Crippen LogP contribution in [0.25, 0.3) is 0 Å². The van der Waals surface area contributed by atoms with E-state index in [9.17, 15) is 9.18 Å². The van der Waals surface area contributed by atoms with E-state index in [1.54, 1.807) is 19.2 Å². The van der Waals surface area contributed by atoms with Crippen molar-refractivity contribution in [2.75, 3.05) is 33.3 Å². The molecule has 2 rings (SSSR count). The highest BCUT2D eigenvalue weighted by molar-refractivity contribution is 5.80. The Kier molecular flexibility index (Phi) is 9.64. The Balaban J connectivity index is 1.77. The van der Waals surface area contributed by atoms with Crippen LogP contribution in [0.3, 0.4) is 0 Å². The zero-order valence-corrected chi connectivity index (χ0v) is 17.9. The van der Waals surface area contributed by atoms with Crippen LogP contribution < -0.4 is 20.7 Å². The fourth-order valence-electron chi connectivity index (χ4n) is 3.01. The number of carbonyl (C=O) groups excluding carboxylic acids is 1. The van der Waals surface area contributed by atoms with Gasteiger partial charge in [0.1, 0.15) is 11.6 Å². The molecular formula is C23H31FN4O2. The maximum atomic E-state index is 13.2. The van der Waals surface area contributed by atoms with Crippen molar-refractivity contribution in [3.63, 3.8) is 0 Å². The van der Waals surface area contributed by atoms with E-state index in [0.717, 1.165) is 24.3 Å². The first-order valence-electron chi connectivity index (χ1n) is 10.2. The number of aliphatic imine (C=N–C) groups is 1. The molecule has 7 heteroatoms. The molecule has 2 aromatic carbocycles. The minimum Gasteiger partial charge on any atom is -0.496 e. The molecule has 0 fully saturated rings. The number of guanidine groups is 1. The van der Waals surface area contributed by atoms with Gasteiger partial charge in [0, 0.05) is 26.2 Å². The summed E-state index contributed by atoms with van der Waals surface area (Å²) in [7, 11) is 1.67. The van der Waals surface area contributed by atoms with Crippen molar-refractivity contribution in [1.82, 2.24) is 16.0 Å². The number of ether oxygens (including phenoxy) is 1. The van der Waals surface area contributed by atoms with Gasteiger partial charge in [0.25, 0.3) is 0 Å². The molecule has 1 amide bonds. The first kappa shape index (κ1) is 23.2. The molecule has 0 unspecified atom stereocenters. The second-order valence-corrected chi connectivity index (χ2v) is 6.91. The average molecular weight is 415 g/mol. The lowest BCUT2D eigenvalue weighted by atomic mass is 10.1. The van der Waals surface area contributed by atoms with Crippen LogP contribution in [-0.2, 0) is 17.6 Å². The van der Waals surface area contributed by atoms with Gasteiger partial charge in [-0.3, -0.25) is 9.79 Å². The molecular weight excluding hydrogens is 383 g/mol. The molecule has 2 aromatic rings. The lowest BCUT2D eigenvalue weighted by Crippen LogP contribution is -2.41. The summed E-state index contributed by atoms with van der Waals surface area (Å²) in [6.45, 7) is 6.40. The number of carbonyl (C=O) groups is 1. The van der Waals surface area contributed by atoms with Crippen LogP contribution in [0.5, 0.6) is 5.75 Å². The summed E-state index contributed by atoms with van der Waals surface area (Å²) in [6, 6.07) is 12.2. The molecule has 0 aromatic heterocycles. The van der Waals surface area contributed by atoms with Gasteiger partial charge >= 0.3 is 0 Å². The van der Waals surface area contributed by atoms with E-state index < -0.39 is 0 Å². The first-order valence-corrected chi connectivity index (χ1v) is 10.2. The number of nitrogens with zero attached hydrogens (tertiary/aromatic N) is 1. The number of nitrogens with one attached hydrogen (secondary N) is 3. The van der Waals surface area contributed by atoms with Gasteiger partial charge in [-0.15, -0.1) is 0 Å². The molecule has 0 saturated carbocycles. The predicted octanol–water partition coefficient (Wildman–Crippen LogP) is 2.60. The minimum absolute atomic E-state index is 0.143. The summed E-state index contributed by atoms with van der Waals surface area (Å²) >= 11 is 0. The van der Waals surface area contributed by atoms with E-state index in [4.69, 9.17) is 4.74 Å². The normalized spacial score (nSPS) is 11.1. The molecule has 0 atom stereocenters.